The number of unbranched alkanes of at least 4 members (excludes halogenated alkanes) is 8. The van der Waals surface area contributed by atoms with Crippen molar-refractivity contribution in [1.29, 1.82) is 0 Å². The molecule has 0 spiro atoms. The number of carbonyl (C=O) groups is 1. The van der Waals surface area contributed by atoms with E-state index >= 15 is 0 Å². The van der Waals surface area contributed by atoms with E-state index in [0.29, 0.717) is 13.0 Å². The first-order chi connectivity index (χ1) is 32.1. The van der Waals surface area contributed by atoms with Gasteiger partial charge >= 0.3 is 16.4 Å². The molecular weight excluding hydrogens is 861 g/mol. The van der Waals surface area contributed by atoms with Crippen molar-refractivity contribution in [2.75, 3.05) is 26.4 Å². The van der Waals surface area contributed by atoms with Crippen LogP contribution in [0, 0.1) is 0 Å². The van der Waals surface area contributed by atoms with Gasteiger partial charge in [-0.15, -0.1) is 0 Å². The topological polar surface area (TPSA) is 178 Å². The van der Waals surface area contributed by atoms with Crippen molar-refractivity contribution < 1.29 is 56.2 Å². The van der Waals surface area contributed by atoms with Crippen LogP contribution in [0.3, 0.4) is 0 Å². The highest BCUT2D eigenvalue weighted by Gasteiger charge is 2.48. The summed E-state index contributed by atoms with van der Waals surface area (Å²) in [6.07, 6.45) is 52.6. The molecule has 4 N–H and O–H groups in total. The molecule has 0 radical (unpaired) electrons. The summed E-state index contributed by atoms with van der Waals surface area (Å²) in [7, 11) is -5.08. The number of carbonyl (C=O) groups excluding carboxylic acids is 1. The number of hydrogen-bond acceptors (Lipinski definition) is 11. The van der Waals surface area contributed by atoms with Crippen LogP contribution in [0.4, 0.5) is 0 Å². The first-order valence-corrected chi connectivity index (χ1v) is 25.7. The molecule has 12 nitrogen and oxygen atoms in total. The molecular formula is C53H84O12S. The third-order valence-electron chi connectivity index (χ3n) is 10.1. The molecule has 6 unspecified atom stereocenters. The maximum Gasteiger partial charge on any atom is 0.397 e. The quantitative estimate of drug-likeness (QED) is 0.0198. The van der Waals surface area contributed by atoms with Crippen molar-refractivity contribution in [1.82, 2.24) is 0 Å². The van der Waals surface area contributed by atoms with Crippen LogP contribution < -0.4 is 0 Å². The SMILES string of the molecule is CC/C=C\C/C=C\C/C=C\C/C=C\C/C=C\CCCCCCCCCCOCC(COC1OC(CO)C(O)C(OS(=O)(=O)O)C1O)OC(=O)C/C=C\C/C=C\C/C=C\C/C=C\C/C=C\CC. The summed E-state index contributed by atoms with van der Waals surface area (Å²) in [4.78, 5) is 12.8. The van der Waals surface area contributed by atoms with Gasteiger partial charge in [0.2, 0.25) is 0 Å². The van der Waals surface area contributed by atoms with Gasteiger partial charge in [0.25, 0.3) is 0 Å². The van der Waals surface area contributed by atoms with E-state index in [-0.39, 0.29) is 19.6 Å². The lowest BCUT2D eigenvalue weighted by molar-refractivity contribution is -0.301. The molecule has 13 heteroatoms. The van der Waals surface area contributed by atoms with E-state index in [9.17, 15) is 33.1 Å². The van der Waals surface area contributed by atoms with Crippen molar-refractivity contribution in [3.63, 3.8) is 0 Å². The Balaban J connectivity index is 2.43. The minimum absolute atomic E-state index is 0.000983. The van der Waals surface area contributed by atoms with Crippen LogP contribution in [-0.2, 0) is 38.3 Å². The molecule has 0 saturated carbocycles. The Kier molecular flexibility index (Phi) is 39.3. The van der Waals surface area contributed by atoms with Crippen LogP contribution >= 0.6 is 0 Å². The second kappa shape index (κ2) is 42.8. The number of ether oxygens (including phenoxy) is 4. The number of aliphatic hydroxyl groups excluding tert-OH is 3. The Morgan fingerprint density at radius 2 is 1.00 bits per heavy atom. The normalized spacial score (nSPS) is 20.6. The van der Waals surface area contributed by atoms with Crippen LogP contribution in [0.15, 0.2) is 122 Å². The number of hydrogen-bond donors (Lipinski definition) is 4. The average molecular weight is 945 g/mol. The van der Waals surface area contributed by atoms with Crippen LogP contribution in [-0.4, -0.2) is 97.5 Å². The minimum atomic E-state index is -5.08. The molecule has 1 aliphatic rings. The van der Waals surface area contributed by atoms with Crippen molar-refractivity contribution in [3.05, 3.63) is 122 Å². The van der Waals surface area contributed by atoms with Gasteiger partial charge in [-0.25, -0.2) is 4.18 Å². The Morgan fingerprint density at radius 1 is 0.576 bits per heavy atom. The summed E-state index contributed by atoms with van der Waals surface area (Å²) < 4.78 is 59.0. The fourth-order valence-corrected chi connectivity index (χ4v) is 7.05. The zero-order valence-corrected chi connectivity index (χ0v) is 40.8. The summed E-state index contributed by atoms with van der Waals surface area (Å²) in [5.74, 6) is -0.534. The average Bonchev–Trinajstić information content (AvgIpc) is 3.29. The van der Waals surface area contributed by atoms with Crippen molar-refractivity contribution in [2.45, 2.75) is 179 Å². The van der Waals surface area contributed by atoms with Gasteiger partial charge in [0.15, 0.2) is 6.29 Å². The Hall–Kier alpha value is -3.50. The van der Waals surface area contributed by atoms with Gasteiger partial charge in [-0.2, -0.15) is 8.42 Å². The summed E-state index contributed by atoms with van der Waals surface area (Å²) >= 11 is 0. The first kappa shape index (κ1) is 60.5. The van der Waals surface area contributed by atoms with Crippen LogP contribution in [0.2, 0.25) is 0 Å². The number of aliphatic hydroxyl groups is 3. The van der Waals surface area contributed by atoms with Crippen LogP contribution in [0.25, 0.3) is 0 Å². The van der Waals surface area contributed by atoms with Gasteiger partial charge in [-0.3, -0.25) is 9.35 Å². The van der Waals surface area contributed by atoms with E-state index in [1.54, 1.807) is 6.08 Å². The van der Waals surface area contributed by atoms with Crippen molar-refractivity contribution in [2.24, 2.45) is 0 Å². The Morgan fingerprint density at radius 3 is 1.45 bits per heavy atom. The molecule has 1 heterocycles. The van der Waals surface area contributed by atoms with Crippen molar-refractivity contribution in [3.8, 4) is 0 Å². The molecule has 0 aromatic heterocycles. The summed E-state index contributed by atoms with van der Waals surface area (Å²) in [6.45, 7) is 3.59. The highest BCUT2D eigenvalue weighted by molar-refractivity contribution is 7.80. The maximum atomic E-state index is 12.8. The second-order valence-electron chi connectivity index (χ2n) is 16.0. The summed E-state index contributed by atoms with van der Waals surface area (Å²) in [5, 5.41) is 30.7. The number of rotatable bonds is 40. The largest absolute Gasteiger partial charge is 0.457 e. The van der Waals surface area contributed by atoms with E-state index in [1.807, 2.05) is 12.2 Å². The predicted octanol–water partition coefficient (Wildman–Crippen LogP) is 11.0. The fourth-order valence-electron chi connectivity index (χ4n) is 6.54. The molecule has 374 valence electrons. The van der Waals surface area contributed by atoms with Gasteiger partial charge in [0.05, 0.1) is 26.2 Å². The highest BCUT2D eigenvalue weighted by atomic mass is 32.3. The third-order valence-corrected chi connectivity index (χ3v) is 10.6. The highest BCUT2D eigenvalue weighted by Crippen LogP contribution is 2.26. The molecule has 1 rings (SSSR count). The van der Waals surface area contributed by atoms with Gasteiger partial charge in [-0.1, -0.05) is 174 Å². The molecule has 0 aromatic rings. The maximum absolute atomic E-state index is 12.8. The molecule has 6 atom stereocenters. The van der Waals surface area contributed by atoms with E-state index in [4.69, 9.17) is 18.9 Å². The molecule has 0 amide bonds. The minimum Gasteiger partial charge on any atom is -0.457 e. The van der Waals surface area contributed by atoms with E-state index in [0.717, 1.165) is 89.9 Å². The monoisotopic (exact) mass is 945 g/mol. The smallest absolute Gasteiger partial charge is 0.397 e. The Labute approximate surface area is 398 Å². The lowest BCUT2D eigenvalue weighted by Crippen LogP contribution is -2.60. The van der Waals surface area contributed by atoms with Gasteiger partial charge < -0.3 is 34.3 Å². The van der Waals surface area contributed by atoms with E-state index in [2.05, 4.69) is 121 Å². The van der Waals surface area contributed by atoms with Crippen LogP contribution in [0.5, 0.6) is 0 Å². The van der Waals surface area contributed by atoms with Crippen molar-refractivity contribution >= 4 is 16.4 Å². The Bertz CT molecular complexity index is 1610. The number of esters is 1. The zero-order chi connectivity index (χ0) is 48.2. The lowest BCUT2D eigenvalue weighted by atomic mass is 9.99. The summed E-state index contributed by atoms with van der Waals surface area (Å²) in [5.41, 5.74) is 0. The number of allylic oxidation sites excluding steroid dienone is 19. The molecule has 66 heavy (non-hydrogen) atoms. The third kappa shape index (κ3) is 35.7. The molecule has 0 bridgehead atoms. The first-order valence-electron chi connectivity index (χ1n) is 24.3. The molecule has 1 saturated heterocycles. The zero-order valence-electron chi connectivity index (χ0n) is 39.9. The second-order valence-corrected chi connectivity index (χ2v) is 17.0. The molecule has 1 fully saturated rings. The fraction of sp³-hybridized carbons (Fsp3) is 0.604. The van der Waals surface area contributed by atoms with Gasteiger partial charge in [0.1, 0.15) is 30.5 Å². The summed E-state index contributed by atoms with van der Waals surface area (Å²) in [6, 6.07) is 0. The molecule has 0 aliphatic carbocycles. The van der Waals surface area contributed by atoms with E-state index < -0.39 is 59.8 Å². The predicted molar refractivity (Wildman–Crippen MR) is 266 cm³/mol. The lowest BCUT2D eigenvalue weighted by Gasteiger charge is -2.41. The van der Waals surface area contributed by atoms with Crippen LogP contribution in [0.1, 0.15) is 142 Å². The standard InChI is InChI=1S/C53H84O12S/c1-3-5-7-9-11-13-15-17-19-20-21-22-23-24-25-26-27-29-31-33-35-37-39-41-43-61-45-47(46-62-53-51(57)52(65-66(58,59)60)50(56)48(44-54)64-53)63-49(55)42-40-38-36-34-32-30-28-18-16-14-12-10-8-6-4-2/h5-8,11-14,17-19,21-22,24-25,28,32,34,38,40,47-48,50-54,56-57H,3-4,9-10,15-16,20,23,26-27,29-31,33,35-37,39,41-46H2,1-2H3,(H,58,59,60)/b7-5-,8-6-,13-11-,14-12-,19-17-,22-21-,25-24-,28-18-,34-32-,40-38-. The molecule has 0 aromatic carbocycles. The molecule has 1 aliphatic heterocycles. The van der Waals surface area contributed by atoms with Gasteiger partial charge in [0, 0.05) is 6.61 Å². The van der Waals surface area contributed by atoms with E-state index in [1.165, 1.54) is 25.7 Å². The van der Waals surface area contributed by atoms with Gasteiger partial charge in [-0.05, 0) is 83.5 Å².